The first kappa shape index (κ1) is 14.9. The van der Waals surface area contributed by atoms with Crippen molar-refractivity contribution in [1.29, 1.82) is 0 Å². The summed E-state index contributed by atoms with van der Waals surface area (Å²) in [7, 11) is 0. The summed E-state index contributed by atoms with van der Waals surface area (Å²) in [5.74, 6) is 1.75. The third-order valence-electron chi connectivity index (χ3n) is 3.78. The zero-order valence-electron chi connectivity index (χ0n) is 13.0. The van der Waals surface area contributed by atoms with Crippen LogP contribution in [-0.2, 0) is 12.3 Å². The number of imidazole rings is 1. The molecule has 4 nitrogen and oxygen atoms in total. The standard InChI is InChI=1S/C19H16N4S/c1-3-7-15(8-4-1)11-23-14-22-19(17-18(23)21-13-20-17)24-12-16-9-5-2-6-10-16/h1-10,13-14H,11-12H2. The fourth-order valence-electron chi connectivity index (χ4n) is 2.59. The third kappa shape index (κ3) is 3.16. The summed E-state index contributed by atoms with van der Waals surface area (Å²) in [6.07, 6.45) is 3.47. The molecule has 2 aliphatic heterocycles. The monoisotopic (exact) mass is 332 g/mol. The second-order valence-corrected chi connectivity index (χ2v) is 6.45. The Morgan fingerprint density at radius 3 is 2.25 bits per heavy atom. The third-order valence-corrected chi connectivity index (χ3v) is 4.83. The lowest BCUT2D eigenvalue weighted by Crippen LogP contribution is -2.07. The van der Waals surface area contributed by atoms with Crippen molar-refractivity contribution in [2.24, 2.45) is 0 Å². The number of fused-ring (bicyclic) bond motifs is 1. The van der Waals surface area contributed by atoms with Crippen LogP contribution in [0.25, 0.3) is 11.5 Å². The molecule has 0 atom stereocenters. The number of thioether (sulfide) groups is 1. The lowest BCUT2D eigenvalue weighted by Gasteiger charge is -2.13. The molecule has 5 heteroatoms. The van der Waals surface area contributed by atoms with Crippen LogP contribution < -0.4 is 0 Å². The van der Waals surface area contributed by atoms with Crippen LogP contribution in [0.3, 0.4) is 0 Å². The molecule has 4 rings (SSSR count). The molecule has 0 unspecified atom stereocenters. The van der Waals surface area contributed by atoms with E-state index in [1.54, 1.807) is 18.1 Å². The molecule has 2 aliphatic rings. The summed E-state index contributed by atoms with van der Waals surface area (Å²) in [5.41, 5.74) is 3.37. The van der Waals surface area contributed by atoms with Gasteiger partial charge in [0.1, 0.15) is 17.0 Å². The fraction of sp³-hybridized carbons (Fsp3) is 0.105. The normalized spacial score (nSPS) is 11.0. The number of hydrogen-bond donors (Lipinski definition) is 0. The van der Waals surface area contributed by atoms with Crippen LogP contribution in [0, 0.1) is 0 Å². The second kappa shape index (κ2) is 6.84. The zero-order chi connectivity index (χ0) is 16.2. The minimum absolute atomic E-state index is 0.743. The van der Waals surface area contributed by atoms with Crippen LogP contribution in [0.5, 0.6) is 0 Å². The molecule has 2 aromatic carbocycles. The molecular formula is C19H16N4S. The molecule has 2 heterocycles. The van der Waals surface area contributed by atoms with E-state index >= 15 is 0 Å². The van der Waals surface area contributed by atoms with Crippen molar-refractivity contribution in [1.82, 2.24) is 19.5 Å². The van der Waals surface area contributed by atoms with Gasteiger partial charge in [0.25, 0.3) is 0 Å². The van der Waals surface area contributed by atoms with Crippen molar-refractivity contribution < 1.29 is 0 Å². The predicted molar refractivity (Wildman–Crippen MR) is 96.0 cm³/mol. The average molecular weight is 332 g/mol. The molecule has 0 bridgehead atoms. The Bertz CT molecular complexity index is 890. The minimum atomic E-state index is 0.743. The van der Waals surface area contributed by atoms with Gasteiger partial charge in [-0.05, 0) is 11.1 Å². The molecule has 0 radical (unpaired) electrons. The minimum Gasteiger partial charge on any atom is -0.311 e. The molecule has 0 N–H and O–H groups in total. The smallest absolute Gasteiger partial charge is 0.164 e. The van der Waals surface area contributed by atoms with E-state index < -0.39 is 0 Å². The average Bonchev–Trinajstić information content (AvgIpc) is 3.13. The van der Waals surface area contributed by atoms with Crippen LogP contribution in [0.1, 0.15) is 11.1 Å². The van der Waals surface area contributed by atoms with Crippen molar-refractivity contribution in [2.45, 2.75) is 17.3 Å². The van der Waals surface area contributed by atoms with Gasteiger partial charge >= 0.3 is 0 Å². The molecule has 118 valence electrons. The van der Waals surface area contributed by atoms with Crippen LogP contribution in [0.4, 0.5) is 0 Å². The number of aromatic nitrogens is 4. The highest BCUT2D eigenvalue weighted by molar-refractivity contribution is 7.98. The van der Waals surface area contributed by atoms with Gasteiger partial charge in [-0.3, -0.25) is 0 Å². The van der Waals surface area contributed by atoms with E-state index in [-0.39, 0.29) is 0 Å². The maximum absolute atomic E-state index is 4.61. The van der Waals surface area contributed by atoms with Gasteiger partial charge in [0, 0.05) is 5.75 Å². The predicted octanol–water partition coefficient (Wildman–Crippen LogP) is 4.12. The Morgan fingerprint density at radius 2 is 1.50 bits per heavy atom. The molecule has 24 heavy (non-hydrogen) atoms. The summed E-state index contributed by atoms with van der Waals surface area (Å²) < 4.78 is 2.05. The largest absolute Gasteiger partial charge is 0.311 e. The van der Waals surface area contributed by atoms with Crippen molar-refractivity contribution in [3.8, 4) is 11.5 Å². The van der Waals surface area contributed by atoms with E-state index in [9.17, 15) is 0 Å². The van der Waals surface area contributed by atoms with Gasteiger partial charge in [-0.25, -0.2) is 15.0 Å². The van der Waals surface area contributed by atoms with E-state index in [1.807, 2.05) is 35.2 Å². The molecule has 0 amide bonds. The highest BCUT2D eigenvalue weighted by Crippen LogP contribution is 2.30. The van der Waals surface area contributed by atoms with Gasteiger partial charge in [0.2, 0.25) is 0 Å². The van der Waals surface area contributed by atoms with Gasteiger partial charge in [-0.2, -0.15) is 0 Å². The van der Waals surface area contributed by atoms with Crippen LogP contribution in [0.2, 0.25) is 0 Å². The number of hydrogen-bond acceptors (Lipinski definition) is 4. The molecule has 0 aromatic heterocycles. The lowest BCUT2D eigenvalue weighted by molar-refractivity contribution is 0.744. The Hall–Kier alpha value is -2.66. The fourth-order valence-corrected chi connectivity index (χ4v) is 3.48. The molecule has 0 aliphatic carbocycles. The Labute approximate surface area is 145 Å². The summed E-state index contributed by atoms with van der Waals surface area (Å²) in [6.45, 7) is 0.743. The van der Waals surface area contributed by atoms with Crippen LogP contribution >= 0.6 is 11.8 Å². The summed E-state index contributed by atoms with van der Waals surface area (Å²) in [6, 6.07) is 20.7. The van der Waals surface area contributed by atoms with Gasteiger partial charge in [-0.1, -0.05) is 72.4 Å². The zero-order valence-corrected chi connectivity index (χ0v) is 13.9. The number of nitrogens with zero attached hydrogens (tertiary/aromatic N) is 4. The van der Waals surface area contributed by atoms with E-state index in [1.165, 1.54) is 11.1 Å². The SMILES string of the molecule is c1ccc(CSc2ncn(Cc3ccccc3)c3ncnc2-3)cc1. The molecule has 0 spiro atoms. The first-order valence-electron chi connectivity index (χ1n) is 7.76. The second-order valence-electron chi connectivity index (χ2n) is 5.48. The van der Waals surface area contributed by atoms with Crippen LogP contribution in [0.15, 0.2) is 78.3 Å². The van der Waals surface area contributed by atoms with E-state index in [0.29, 0.717) is 0 Å². The lowest BCUT2D eigenvalue weighted by atomic mass is 10.2. The molecule has 0 saturated heterocycles. The summed E-state index contributed by atoms with van der Waals surface area (Å²) in [4.78, 5) is 13.5. The first-order valence-corrected chi connectivity index (χ1v) is 8.75. The number of benzene rings is 2. The number of rotatable bonds is 5. The quantitative estimate of drug-likeness (QED) is 0.407. The van der Waals surface area contributed by atoms with Crippen molar-refractivity contribution in [2.75, 3.05) is 0 Å². The topological polar surface area (TPSA) is 43.6 Å². The van der Waals surface area contributed by atoms with Gasteiger partial charge in [0.05, 0.1) is 12.9 Å². The Kier molecular flexibility index (Phi) is 4.25. The first-order chi connectivity index (χ1) is 11.9. The summed E-state index contributed by atoms with van der Waals surface area (Å²) in [5, 5.41) is 0.927. The van der Waals surface area contributed by atoms with Gasteiger partial charge in [-0.15, -0.1) is 0 Å². The maximum atomic E-state index is 4.61. The highest BCUT2D eigenvalue weighted by atomic mass is 32.2. The maximum Gasteiger partial charge on any atom is 0.164 e. The Morgan fingerprint density at radius 1 is 0.792 bits per heavy atom. The van der Waals surface area contributed by atoms with Crippen molar-refractivity contribution in [3.63, 3.8) is 0 Å². The Balaban J connectivity index is 1.58. The molecule has 2 aromatic rings. The van der Waals surface area contributed by atoms with Gasteiger partial charge < -0.3 is 4.57 Å². The van der Waals surface area contributed by atoms with E-state index in [2.05, 4.69) is 51.4 Å². The molecule has 0 fully saturated rings. The summed E-state index contributed by atoms with van der Waals surface area (Å²) >= 11 is 1.70. The van der Waals surface area contributed by atoms with Crippen molar-refractivity contribution in [3.05, 3.63) is 84.4 Å². The molecular weight excluding hydrogens is 316 g/mol. The molecule has 0 saturated carbocycles. The van der Waals surface area contributed by atoms with Crippen LogP contribution in [-0.4, -0.2) is 19.5 Å². The van der Waals surface area contributed by atoms with E-state index in [4.69, 9.17) is 0 Å². The highest BCUT2D eigenvalue weighted by Gasteiger charge is 2.17. The van der Waals surface area contributed by atoms with E-state index in [0.717, 1.165) is 28.8 Å². The van der Waals surface area contributed by atoms with Crippen molar-refractivity contribution >= 4 is 11.8 Å². The van der Waals surface area contributed by atoms with Gasteiger partial charge in [0.15, 0.2) is 5.82 Å².